The molecule has 2 aliphatic heterocycles. The minimum Gasteiger partial charge on any atom is -0.385 e. The molecule has 0 aliphatic carbocycles. The molecule has 5 rings (SSSR count). The average molecular weight is 526 g/mol. The van der Waals surface area contributed by atoms with E-state index >= 15 is 0 Å². The first-order chi connectivity index (χ1) is 17.0. The third kappa shape index (κ3) is 4.47. The van der Waals surface area contributed by atoms with Crippen LogP contribution in [0.2, 0.25) is 0 Å². The van der Waals surface area contributed by atoms with E-state index in [1.807, 2.05) is 0 Å². The molecule has 2 fully saturated rings. The number of aliphatic hydroxyl groups is 1. The van der Waals surface area contributed by atoms with Gasteiger partial charge in [0.2, 0.25) is 5.95 Å². The average Bonchev–Trinajstić information content (AvgIpc) is 3.30. The van der Waals surface area contributed by atoms with Gasteiger partial charge in [-0.1, -0.05) is 6.92 Å². The summed E-state index contributed by atoms with van der Waals surface area (Å²) in [6.07, 6.45) is -0.844. The van der Waals surface area contributed by atoms with Crippen LogP contribution in [0.3, 0.4) is 0 Å². The second-order valence-electron chi connectivity index (χ2n) is 9.11. The Labute approximate surface area is 203 Å². The number of aromatic nitrogens is 3. The van der Waals surface area contributed by atoms with Crippen LogP contribution in [-0.2, 0) is 22.9 Å². The van der Waals surface area contributed by atoms with Gasteiger partial charge in [0.1, 0.15) is 17.2 Å². The molecule has 4 N–H and O–H groups in total. The Hall–Kier alpha value is -2.67. The van der Waals surface area contributed by atoms with Crippen LogP contribution in [0.25, 0.3) is 11.0 Å². The van der Waals surface area contributed by atoms with Crippen LogP contribution in [0.4, 0.5) is 14.7 Å². The quantitative estimate of drug-likeness (QED) is 0.426. The third-order valence-electron chi connectivity index (χ3n) is 6.68. The zero-order chi connectivity index (χ0) is 25.8. The van der Waals surface area contributed by atoms with Gasteiger partial charge < -0.3 is 20.1 Å². The predicted molar refractivity (Wildman–Crippen MR) is 123 cm³/mol. The van der Waals surface area contributed by atoms with E-state index < -0.39 is 55.0 Å². The molecule has 36 heavy (non-hydrogen) atoms. The Kier molecular flexibility index (Phi) is 6.26. The molecule has 0 saturated carbocycles. The lowest BCUT2D eigenvalue weighted by Gasteiger charge is -2.30. The highest BCUT2D eigenvalue weighted by Gasteiger charge is 2.52. The summed E-state index contributed by atoms with van der Waals surface area (Å²) in [5.41, 5.74) is 4.22. The van der Waals surface area contributed by atoms with E-state index in [-0.39, 0.29) is 42.2 Å². The van der Waals surface area contributed by atoms with Crippen molar-refractivity contribution in [3.63, 3.8) is 0 Å². The SMILES string of the molecule is C[C@@H]1[C@@H](COP2(=O)OCC[C@H](c3cc(F)cc(F)c3)O2)O[C@@H](n2ccc3c(=O)[nH]c(N)nc32)[C@]1(C)O. The summed E-state index contributed by atoms with van der Waals surface area (Å²) in [5, 5.41) is 11.5. The van der Waals surface area contributed by atoms with Crippen LogP contribution in [-0.4, -0.2) is 44.6 Å². The van der Waals surface area contributed by atoms with E-state index in [1.54, 1.807) is 20.0 Å². The molecule has 1 aromatic carbocycles. The van der Waals surface area contributed by atoms with E-state index in [1.165, 1.54) is 10.6 Å². The number of nitrogens with two attached hydrogens (primary N) is 1. The molecule has 0 bridgehead atoms. The van der Waals surface area contributed by atoms with Crippen molar-refractivity contribution in [2.75, 3.05) is 18.9 Å². The topological polar surface area (TPSA) is 151 Å². The van der Waals surface area contributed by atoms with Crippen molar-refractivity contribution in [3.05, 3.63) is 58.0 Å². The Balaban J connectivity index is 1.33. The zero-order valence-electron chi connectivity index (χ0n) is 19.4. The highest BCUT2D eigenvalue weighted by molar-refractivity contribution is 7.48. The molecule has 2 saturated heterocycles. The molecule has 194 valence electrons. The zero-order valence-corrected chi connectivity index (χ0v) is 20.3. The molecular formula is C22H25F2N4O7P. The number of halogens is 2. The van der Waals surface area contributed by atoms with E-state index in [9.17, 15) is 23.2 Å². The van der Waals surface area contributed by atoms with Crippen LogP contribution >= 0.6 is 7.82 Å². The van der Waals surface area contributed by atoms with Crippen molar-refractivity contribution in [2.45, 2.75) is 44.3 Å². The molecule has 0 spiro atoms. The fourth-order valence-corrected chi connectivity index (χ4v) is 5.93. The molecule has 1 unspecified atom stereocenters. The number of ether oxygens (including phenoxy) is 1. The number of benzene rings is 1. The van der Waals surface area contributed by atoms with Crippen LogP contribution in [0.5, 0.6) is 0 Å². The number of aromatic amines is 1. The van der Waals surface area contributed by atoms with Gasteiger partial charge >= 0.3 is 7.82 Å². The van der Waals surface area contributed by atoms with Crippen molar-refractivity contribution >= 4 is 24.8 Å². The normalized spacial score (nSPS) is 32.8. The lowest BCUT2D eigenvalue weighted by Crippen LogP contribution is -2.38. The fourth-order valence-electron chi connectivity index (χ4n) is 4.53. The summed E-state index contributed by atoms with van der Waals surface area (Å²) in [6.45, 7) is 3.00. The number of rotatable bonds is 5. The van der Waals surface area contributed by atoms with Crippen molar-refractivity contribution < 1.29 is 36.8 Å². The monoisotopic (exact) mass is 526 g/mol. The summed E-state index contributed by atoms with van der Waals surface area (Å²) in [4.78, 5) is 18.8. The minimum absolute atomic E-state index is 0.0154. The maximum Gasteiger partial charge on any atom is 0.475 e. The molecule has 2 aliphatic rings. The Bertz CT molecular complexity index is 1390. The first-order valence-electron chi connectivity index (χ1n) is 11.2. The first kappa shape index (κ1) is 25.0. The lowest BCUT2D eigenvalue weighted by molar-refractivity contribution is -0.0884. The van der Waals surface area contributed by atoms with Crippen LogP contribution in [0.15, 0.2) is 35.3 Å². The van der Waals surface area contributed by atoms with E-state index in [4.69, 9.17) is 24.0 Å². The molecule has 14 heteroatoms. The summed E-state index contributed by atoms with van der Waals surface area (Å²) < 4.78 is 64.2. The maximum absolute atomic E-state index is 13.6. The lowest BCUT2D eigenvalue weighted by atomic mass is 9.88. The molecule has 6 atom stereocenters. The Morgan fingerprint density at radius 1 is 1.36 bits per heavy atom. The van der Waals surface area contributed by atoms with Gasteiger partial charge in [0.15, 0.2) is 11.9 Å². The number of nitrogens with one attached hydrogen (secondary N) is 1. The Morgan fingerprint density at radius 2 is 2.08 bits per heavy atom. The number of phosphoric acid groups is 1. The number of fused-ring (bicyclic) bond motifs is 1. The van der Waals surface area contributed by atoms with Crippen molar-refractivity contribution in [1.29, 1.82) is 0 Å². The number of phosphoric ester groups is 1. The van der Waals surface area contributed by atoms with Gasteiger partial charge in [0.25, 0.3) is 5.56 Å². The molecule has 3 aromatic rings. The van der Waals surface area contributed by atoms with Crippen molar-refractivity contribution in [2.24, 2.45) is 5.92 Å². The van der Waals surface area contributed by atoms with Crippen molar-refractivity contribution in [3.8, 4) is 0 Å². The number of anilines is 1. The number of H-pyrrole nitrogens is 1. The van der Waals surface area contributed by atoms with E-state index in [2.05, 4.69) is 9.97 Å². The fraction of sp³-hybridized carbons (Fsp3) is 0.455. The van der Waals surface area contributed by atoms with E-state index in [0.717, 1.165) is 18.2 Å². The van der Waals surface area contributed by atoms with Gasteiger partial charge in [0.05, 0.1) is 30.8 Å². The summed E-state index contributed by atoms with van der Waals surface area (Å²) >= 11 is 0. The molecule has 0 radical (unpaired) electrons. The highest BCUT2D eigenvalue weighted by atomic mass is 31.2. The molecule has 4 heterocycles. The van der Waals surface area contributed by atoms with Gasteiger partial charge in [-0.25, -0.2) is 13.3 Å². The predicted octanol–water partition coefficient (Wildman–Crippen LogP) is 3.17. The Morgan fingerprint density at radius 3 is 2.81 bits per heavy atom. The highest BCUT2D eigenvalue weighted by Crippen LogP contribution is 2.57. The summed E-state index contributed by atoms with van der Waals surface area (Å²) in [7, 11) is -4.11. The molecular weight excluding hydrogens is 501 g/mol. The molecule has 11 nitrogen and oxygen atoms in total. The number of hydrogen-bond donors (Lipinski definition) is 3. The second kappa shape index (κ2) is 9.02. The van der Waals surface area contributed by atoms with Gasteiger partial charge in [-0.15, -0.1) is 0 Å². The summed E-state index contributed by atoms with van der Waals surface area (Å²) in [5.74, 6) is -2.18. The first-order valence-corrected chi connectivity index (χ1v) is 12.7. The van der Waals surface area contributed by atoms with Crippen LogP contribution in [0.1, 0.15) is 38.2 Å². The van der Waals surface area contributed by atoms with E-state index in [0.29, 0.717) is 0 Å². The van der Waals surface area contributed by atoms with Gasteiger partial charge in [-0.05, 0) is 30.7 Å². The maximum atomic E-state index is 13.6. The van der Waals surface area contributed by atoms with Crippen LogP contribution in [0, 0.1) is 17.6 Å². The number of nitrogens with zero attached hydrogens (tertiary/aromatic N) is 2. The molecule has 0 amide bonds. The van der Waals surface area contributed by atoms with Crippen LogP contribution < -0.4 is 11.3 Å². The largest absolute Gasteiger partial charge is 0.475 e. The molecule has 2 aromatic heterocycles. The smallest absolute Gasteiger partial charge is 0.385 e. The summed E-state index contributed by atoms with van der Waals surface area (Å²) in [6, 6.07) is 4.46. The van der Waals surface area contributed by atoms with Gasteiger partial charge in [0, 0.05) is 24.6 Å². The third-order valence-corrected chi connectivity index (χ3v) is 8.15. The van der Waals surface area contributed by atoms with Crippen molar-refractivity contribution in [1.82, 2.24) is 14.5 Å². The van der Waals surface area contributed by atoms with Gasteiger partial charge in [-0.3, -0.25) is 23.3 Å². The second-order valence-corrected chi connectivity index (χ2v) is 10.7. The van der Waals surface area contributed by atoms with Gasteiger partial charge in [-0.2, -0.15) is 4.98 Å². The number of nitrogen functional groups attached to an aromatic ring is 1. The standard InChI is InChI=1S/C22H25F2N4O7P/c1-11-17(10-33-36(31)32-6-4-16(35-36)12-7-13(23)9-14(24)8-12)34-20(22(11,2)30)28-5-3-15-18(28)26-21(25)27-19(15)29/h3,5,7-9,11,16-17,20,30H,4,6,10H2,1-2H3,(H3,25,26,27,29)/t11-,16-,17-,20-,22-,36?/m1/s1. The number of hydrogen-bond acceptors (Lipinski definition) is 9. The minimum atomic E-state index is -4.11.